The molecule has 7 rings (SSSR count). The van der Waals surface area contributed by atoms with E-state index in [1.165, 1.54) is 4.90 Å². The van der Waals surface area contributed by atoms with Gasteiger partial charge in [0, 0.05) is 12.1 Å². The predicted octanol–water partition coefficient (Wildman–Crippen LogP) is 3.47. The van der Waals surface area contributed by atoms with Gasteiger partial charge in [-0.15, -0.1) is 0 Å². The van der Waals surface area contributed by atoms with Crippen LogP contribution in [0.4, 0.5) is 5.69 Å². The summed E-state index contributed by atoms with van der Waals surface area (Å²) in [5.41, 5.74) is 1.73. The molecule has 7 nitrogen and oxygen atoms in total. The number of allylic oxidation sites excluding steroid dienone is 2. The number of carbonyl (C=O) groups excluding carboxylic acids is 4. The van der Waals surface area contributed by atoms with Crippen LogP contribution < -0.4 is 5.32 Å². The second-order valence-corrected chi connectivity index (χ2v) is 10.2. The summed E-state index contributed by atoms with van der Waals surface area (Å²) in [5, 5.41) is 2.86. The highest BCUT2D eigenvalue weighted by atomic mass is 16.5. The van der Waals surface area contributed by atoms with E-state index in [9.17, 15) is 19.2 Å². The number of hydrogen-bond acceptors (Lipinski definition) is 5. The lowest BCUT2D eigenvalue weighted by Gasteiger charge is -2.37. The first kappa shape index (κ1) is 22.7. The van der Waals surface area contributed by atoms with E-state index in [0.717, 1.165) is 12.0 Å². The molecule has 1 N–H and O–H groups in total. The molecule has 5 aliphatic rings. The molecule has 184 valence electrons. The van der Waals surface area contributed by atoms with E-state index in [1.807, 2.05) is 30.3 Å². The highest BCUT2D eigenvalue weighted by Crippen LogP contribution is 2.65. The van der Waals surface area contributed by atoms with E-state index in [0.29, 0.717) is 23.1 Å². The summed E-state index contributed by atoms with van der Waals surface area (Å²) in [7, 11) is 0. The summed E-state index contributed by atoms with van der Waals surface area (Å²) in [6.45, 7) is 2.01. The van der Waals surface area contributed by atoms with Gasteiger partial charge >= 0.3 is 5.97 Å². The maximum Gasteiger partial charge on any atom is 0.338 e. The van der Waals surface area contributed by atoms with Crippen LogP contribution in [0.3, 0.4) is 0 Å². The topological polar surface area (TPSA) is 92.8 Å². The van der Waals surface area contributed by atoms with Crippen molar-refractivity contribution in [2.24, 2.45) is 35.5 Å². The lowest BCUT2D eigenvalue weighted by atomic mass is 9.63. The van der Waals surface area contributed by atoms with Crippen LogP contribution in [0, 0.1) is 35.5 Å². The minimum atomic E-state index is -0.960. The number of rotatable bonds is 7. The number of likely N-dealkylation sites (tertiary alicyclic amines) is 1. The van der Waals surface area contributed by atoms with Crippen LogP contribution in [0.1, 0.15) is 29.3 Å². The summed E-state index contributed by atoms with van der Waals surface area (Å²) in [6.07, 6.45) is 5.59. The first-order valence-electron chi connectivity index (χ1n) is 12.6. The number of imide groups is 1. The van der Waals surface area contributed by atoms with Crippen molar-refractivity contribution in [2.45, 2.75) is 25.8 Å². The second-order valence-electron chi connectivity index (χ2n) is 10.2. The van der Waals surface area contributed by atoms with Crippen molar-refractivity contribution in [1.82, 2.24) is 4.90 Å². The average molecular weight is 485 g/mol. The molecule has 2 aromatic carbocycles. The molecule has 3 fully saturated rings. The Labute approximate surface area is 209 Å². The third-order valence-electron chi connectivity index (χ3n) is 8.25. The van der Waals surface area contributed by atoms with Crippen LogP contribution in [0.5, 0.6) is 0 Å². The van der Waals surface area contributed by atoms with Gasteiger partial charge in [0.05, 0.1) is 24.0 Å². The number of nitrogens with one attached hydrogen (secondary N) is 1. The van der Waals surface area contributed by atoms with Gasteiger partial charge in [0.15, 0.2) is 0 Å². The zero-order valence-corrected chi connectivity index (χ0v) is 20.0. The summed E-state index contributed by atoms with van der Waals surface area (Å²) in [6, 6.07) is 14.9. The molecule has 0 aromatic heterocycles. The van der Waals surface area contributed by atoms with E-state index in [2.05, 4.69) is 17.5 Å². The first-order valence-corrected chi connectivity index (χ1v) is 12.6. The van der Waals surface area contributed by atoms with Gasteiger partial charge in [-0.25, -0.2) is 4.79 Å². The Balaban J connectivity index is 1.27. The van der Waals surface area contributed by atoms with Crippen molar-refractivity contribution >= 4 is 29.4 Å². The highest BCUT2D eigenvalue weighted by molar-refractivity contribution is 6.10. The van der Waals surface area contributed by atoms with Crippen molar-refractivity contribution in [1.29, 1.82) is 0 Å². The number of anilines is 1. The van der Waals surface area contributed by atoms with Crippen molar-refractivity contribution < 1.29 is 23.9 Å². The predicted molar refractivity (Wildman–Crippen MR) is 132 cm³/mol. The molecule has 7 atom stereocenters. The number of nitrogens with zero attached hydrogens (tertiary/aromatic N) is 1. The minimum Gasteiger partial charge on any atom is -0.462 e. The number of hydrogen-bond donors (Lipinski definition) is 1. The van der Waals surface area contributed by atoms with Crippen molar-refractivity contribution in [2.75, 3.05) is 11.9 Å². The average Bonchev–Trinajstić information content (AvgIpc) is 3.67. The van der Waals surface area contributed by atoms with Crippen molar-refractivity contribution in [3.8, 4) is 0 Å². The smallest absolute Gasteiger partial charge is 0.338 e. The van der Waals surface area contributed by atoms with Crippen LogP contribution in [0.2, 0.25) is 0 Å². The van der Waals surface area contributed by atoms with Gasteiger partial charge in [-0.1, -0.05) is 42.5 Å². The minimum absolute atomic E-state index is 0.0994. The molecule has 0 radical (unpaired) electrons. The molecule has 36 heavy (non-hydrogen) atoms. The first-order chi connectivity index (χ1) is 17.5. The van der Waals surface area contributed by atoms with Gasteiger partial charge in [0.2, 0.25) is 17.7 Å². The van der Waals surface area contributed by atoms with Gasteiger partial charge in [0.25, 0.3) is 0 Å². The highest BCUT2D eigenvalue weighted by Gasteiger charge is 2.67. The molecular formula is C29H28N2O5. The van der Waals surface area contributed by atoms with Gasteiger partial charge in [0.1, 0.15) is 6.04 Å². The Morgan fingerprint density at radius 2 is 1.56 bits per heavy atom. The van der Waals surface area contributed by atoms with Crippen LogP contribution >= 0.6 is 0 Å². The molecule has 0 spiro atoms. The van der Waals surface area contributed by atoms with Crippen LogP contribution in [-0.4, -0.2) is 41.2 Å². The van der Waals surface area contributed by atoms with Gasteiger partial charge in [-0.2, -0.15) is 0 Å². The normalized spacial score (nSPS) is 30.0. The lowest BCUT2D eigenvalue weighted by Crippen LogP contribution is -2.49. The molecule has 1 heterocycles. The fourth-order valence-electron chi connectivity index (χ4n) is 6.56. The van der Waals surface area contributed by atoms with Crippen LogP contribution in [0.15, 0.2) is 66.7 Å². The Morgan fingerprint density at radius 3 is 2.14 bits per heavy atom. The Morgan fingerprint density at radius 1 is 0.944 bits per heavy atom. The fourth-order valence-corrected chi connectivity index (χ4v) is 6.56. The molecular weight excluding hydrogens is 456 g/mol. The number of benzene rings is 2. The van der Waals surface area contributed by atoms with E-state index >= 15 is 0 Å². The molecule has 1 aliphatic heterocycles. The molecule has 2 bridgehead atoms. The number of ether oxygens (including phenoxy) is 1. The standard InChI is InChI=1S/C29H28N2O5/c1-2-36-29(35)17-8-10-18(11-9-17)30-26(32)23(14-16-6-4-3-5-7-16)31-27(33)24-19-12-13-20(22-15-21(19)22)25(24)28(31)34/h3-13,19-25H,2,14-15H2,1H3,(H,30,32)/t19-,20-,21-,22-,23-,24-,25+/m0/s1. The van der Waals surface area contributed by atoms with Gasteiger partial charge in [-0.3, -0.25) is 19.3 Å². The maximum atomic E-state index is 13.7. The Kier molecular flexibility index (Phi) is 5.51. The van der Waals surface area contributed by atoms with Crippen molar-refractivity contribution in [3.63, 3.8) is 0 Å². The van der Waals surface area contributed by atoms with E-state index < -0.39 is 17.9 Å². The van der Waals surface area contributed by atoms with Crippen LogP contribution in [0.25, 0.3) is 0 Å². The molecule has 3 amide bonds. The number of carbonyl (C=O) groups is 4. The van der Waals surface area contributed by atoms with Gasteiger partial charge in [-0.05, 0) is 66.8 Å². The maximum absolute atomic E-state index is 13.7. The van der Waals surface area contributed by atoms with E-state index in [1.54, 1.807) is 31.2 Å². The largest absolute Gasteiger partial charge is 0.462 e. The zero-order valence-electron chi connectivity index (χ0n) is 20.0. The SMILES string of the molecule is CCOC(=O)c1ccc(NC(=O)[C@H](Cc2ccccc2)N2C(=O)[C@@H]3[C@H]4C=C[C@@H]([C@@H]5C[C@@H]45)[C@@H]3C2=O)cc1. The van der Waals surface area contributed by atoms with Gasteiger partial charge < -0.3 is 10.1 Å². The van der Waals surface area contributed by atoms with E-state index in [-0.39, 0.29) is 48.5 Å². The molecule has 0 unspecified atom stereocenters. The lowest BCUT2D eigenvalue weighted by molar-refractivity contribution is -0.146. The summed E-state index contributed by atoms with van der Waals surface area (Å²) >= 11 is 0. The quantitative estimate of drug-likeness (QED) is 0.369. The molecule has 7 heteroatoms. The molecule has 4 aliphatic carbocycles. The number of amides is 3. The number of esters is 1. The molecule has 2 saturated carbocycles. The Bertz CT molecular complexity index is 1220. The van der Waals surface area contributed by atoms with Crippen molar-refractivity contribution in [3.05, 3.63) is 77.9 Å². The summed E-state index contributed by atoms with van der Waals surface area (Å²) < 4.78 is 5.01. The Hall–Kier alpha value is -3.74. The summed E-state index contributed by atoms with van der Waals surface area (Å²) in [4.78, 5) is 54.2. The van der Waals surface area contributed by atoms with E-state index in [4.69, 9.17) is 4.74 Å². The molecule has 2 aromatic rings. The van der Waals surface area contributed by atoms with Crippen LogP contribution in [-0.2, 0) is 25.5 Å². The summed E-state index contributed by atoms with van der Waals surface area (Å²) in [5.74, 6) is -0.813. The second kappa shape index (κ2) is 8.73. The third kappa shape index (κ3) is 3.65. The zero-order chi connectivity index (χ0) is 25.0. The molecule has 1 saturated heterocycles. The fraction of sp³-hybridized carbons (Fsp3) is 0.379. The monoisotopic (exact) mass is 484 g/mol. The third-order valence-corrected chi connectivity index (χ3v) is 8.25.